The second-order valence-electron chi connectivity index (χ2n) is 8.83. The number of aromatic nitrogens is 1. The first kappa shape index (κ1) is 23.8. The number of halogens is 4. The van der Waals surface area contributed by atoms with E-state index in [2.05, 4.69) is 4.98 Å². The number of nitrogens with zero attached hydrogens (tertiary/aromatic N) is 1. The number of carbonyl (C=O) groups excluding carboxylic acids is 1. The molecule has 0 spiro atoms. The monoisotopic (exact) mass is 474 g/mol. The fourth-order valence-electron chi connectivity index (χ4n) is 4.22. The zero-order valence-corrected chi connectivity index (χ0v) is 18.4. The summed E-state index contributed by atoms with van der Waals surface area (Å²) in [5, 5.41) is 10.5. The van der Waals surface area contributed by atoms with Crippen molar-refractivity contribution in [3.8, 4) is 11.1 Å². The van der Waals surface area contributed by atoms with E-state index in [0.29, 0.717) is 22.3 Å². The Bertz CT molecular complexity index is 1220. The van der Waals surface area contributed by atoms with Crippen molar-refractivity contribution in [2.24, 2.45) is 5.73 Å². The van der Waals surface area contributed by atoms with E-state index in [-0.39, 0.29) is 12.2 Å². The number of benzene rings is 2. The van der Waals surface area contributed by atoms with Crippen molar-refractivity contribution in [1.82, 2.24) is 4.98 Å². The molecule has 2 atom stereocenters. The molecule has 1 amide bonds. The molecule has 0 radical (unpaired) electrons. The molecule has 9 heteroatoms. The molecule has 3 aromatic rings. The number of carbonyl (C=O) groups is 1. The van der Waals surface area contributed by atoms with E-state index < -0.39 is 40.7 Å². The molecular formula is C25H22F4N2O3. The first-order chi connectivity index (χ1) is 15.8. The van der Waals surface area contributed by atoms with Gasteiger partial charge in [0.2, 0.25) is 5.91 Å². The van der Waals surface area contributed by atoms with Crippen LogP contribution in [0.25, 0.3) is 11.1 Å². The Morgan fingerprint density at radius 3 is 2.21 bits per heavy atom. The standard InChI is InChI=1S/C25H22F4N2O3/c1-23(2,33)19-11-20(25(27,28)29)31-12-18(19)14-3-7-16(8-4-14)24(22(30)32)13-34-21(24)15-5-9-17(26)10-6-15/h3-12,21,33H,13H2,1-2H3,(H2,30,32). The van der Waals surface area contributed by atoms with Crippen LogP contribution in [0, 0.1) is 5.82 Å². The van der Waals surface area contributed by atoms with Crippen LogP contribution >= 0.6 is 0 Å². The van der Waals surface area contributed by atoms with Gasteiger partial charge in [0.25, 0.3) is 0 Å². The van der Waals surface area contributed by atoms with Crippen molar-refractivity contribution in [1.29, 1.82) is 0 Å². The number of hydrogen-bond donors (Lipinski definition) is 2. The van der Waals surface area contributed by atoms with Gasteiger partial charge < -0.3 is 15.6 Å². The van der Waals surface area contributed by atoms with Crippen LogP contribution in [0.1, 0.15) is 42.3 Å². The summed E-state index contributed by atoms with van der Waals surface area (Å²) in [6, 6.07) is 12.9. The Morgan fingerprint density at radius 1 is 1.12 bits per heavy atom. The van der Waals surface area contributed by atoms with Gasteiger partial charge in [-0.3, -0.25) is 9.78 Å². The molecule has 0 aliphatic carbocycles. The van der Waals surface area contributed by atoms with Gasteiger partial charge in [0, 0.05) is 11.8 Å². The molecule has 1 aliphatic rings. The molecule has 5 nitrogen and oxygen atoms in total. The Kier molecular flexibility index (Phi) is 5.73. The van der Waals surface area contributed by atoms with Crippen LogP contribution in [0.2, 0.25) is 0 Å². The Hall–Kier alpha value is -3.30. The lowest BCUT2D eigenvalue weighted by Gasteiger charge is -2.47. The molecule has 2 heterocycles. The third-order valence-electron chi connectivity index (χ3n) is 6.10. The molecule has 34 heavy (non-hydrogen) atoms. The minimum absolute atomic E-state index is 0.0283. The average molecular weight is 474 g/mol. The zero-order valence-electron chi connectivity index (χ0n) is 18.4. The van der Waals surface area contributed by atoms with Crippen molar-refractivity contribution in [3.63, 3.8) is 0 Å². The maximum atomic E-state index is 13.3. The van der Waals surface area contributed by atoms with E-state index in [1.54, 1.807) is 24.3 Å². The quantitative estimate of drug-likeness (QED) is 0.528. The molecule has 4 rings (SSSR count). The van der Waals surface area contributed by atoms with Crippen molar-refractivity contribution in [3.05, 3.63) is 89.0 Å². The van der Waals surface area contributed by atoms with Gasteiger partial charge in [-0.15, -0.1) is 0 Å². The van der Waals surface area contributed by atoms with Gasteiger partial charge in [0.05, 0.1) is 12.2 Å². The van der Waals surface area contributed by atoms with Gasteiger partial charge in [-0.05, 0) is 54.3 Å². The van der Waals surface area contributed by atoms with Crippen molar-refractivity contribution >= 4 is 5.91 Å². The highest BCUT2D eigenvalue weighted by molar-refractivity contribution is 5.89. The Labute approximate surface area is 193 Å². The van der Waals surface area contributed by atoms with Crippen molar-refractivity contribution in [2.45, 2.75) is 37.1 Å². The maximum Gasteiger partial charge on any atom is 0.433 e. The van der Waals surface area contributed by atoms with Crippen molar-refractivity contribution < 1.29 is 32.2 Å². The number of alkyl halides is 3. The number of rotatable bonds is 5. The van der Waals surface area contributed by atoms with E-state index in [0.717, 1.165) is 12.3 Å². The van der Waals surface area contributed by atoms with Crippen LogP contribution in [0.5, 0.6) is 0 Å². The van der Waals surface area contributed by atoms with Gasteiger partial charge in [-0.2, -0.15) is 13.2 Å². The van der Waals surface area contributed by atoms with E-state index in [1.807, 2.05) is 0 Å². The SMILES string of the molecule is CC(C)(O)c1cc(C(F)(F)F)ncc1-c1ccc(C2(C(N)=O)COC2c2ccc(F)cc2)cc1. The van der Waals surface area contributed by atoms with Crippen molar-refractivity contribution in [2.75, 3.05) is 6.61 Å². The normalized spacial score (nSPS) is 20.6. The number of primary amides is 1. The fourth-order valence-corrected chi connectivity index (χ4v) is 4.22. The van der Waals surface area contributed by atoms with E-state index in [9.17, 15) is 27.5 Å². The maximum absolute atomic E-state index is 13.3. The van der Waals surface area contributed by atoms with Gasteiger partial charge in [0.15, 0.2) is 0 Å². The van der Waals surface area contributed by atoms with Crippen LogP contribution < -0.4 is 5.73 Å². The lowest BCUT2D eigenvalue weighted by atomic mass is 9.69. The first-order valence-corrected chi connectivity index (χ1v) is 10.4. The highest BCUT2D eigenvalue weighted by atomic mass is 19.4. The van der Waals surface area contributed by atoms with Crippen LogP contribution in [0.3, 0.4) is 0 Å². The number of hydrogen-bond acceptors (Lipinski definition) is 4. The number of ether oxygens (including phenoxy) is 1. The second kappa shape index (κ2) is 8.18. The van der Waals surface area contributed by atoms with Crippen LogP contribution in [-0.4, -0.2) is 22.6 Å². The number of aliphatic hydroxyl groups is 1. The molecule has 1 fully saturated rings. The third kappa shape index (κ3) is 4.05. The smallest absolute Gasteiger partial charge is 0.386 e. The topological polar surface area (TPSA) is 85.4 Å². The summed E-state index contributed by atoms with van der Waals surface area (Å²) in [7, 11) is 0. The lowest BCUT2D eigenvalue weighted by Crippen LogP contribution is -2.58. The fraction of sp³-hybridized carbons (Fsp3) is 0.280. The number of amides is 1. The lowest BCUT2D eigenvalue weighted by molar-refractivity contribution is -0.167. The van der Waals surface area contributed by atoms with E-state index in [4.69, 9.17) is 10.5 Å². The minimum Gasteiger partial charge on any atom is -0.386 e. The van der Waals surface area contributed by atoms with E-state index in [1.165, 1.54) is 38.1 Å². The summed E-state index contributed by atoms with van der Waals surface area (Å²) in [4.78, 5) is 16.1. The molecule has 178 valence electrons. The molecule has 2 aromatic carbocycles. The summed E-state index contributed by atoms with van der Waals surface area (Å²) in [6.07, 6.45) is -4.30. The van der Waals surface area contributed by atoms with Gasteiger partial charge in [0.1, 0.15) is 23.0 Å². The highest BCUT2D eigenvalue weighted by Crippen LogP contribution is 2.49. The molecule has 1 aromatic heterocycles. The minimum atomic E-state index is -4.66. The molecule has 0 saturated carbocycles. The molecule has 1 aliphatic heterocycles. The molecule has 3 N–H and O–H groups in total. The summed E-state index contributed by atoms with van der Waals surface area (Å²) < 4.78 is 58.5. The Balaban J connectivity index is 1.74. The van der Waals surface area contributed by atoms with Crippen LogP contribution in [-0.2, 0) is 26.7 Å². The first-order valence-electron chi connectivity index (χ1n) is 10.4. The predicted octanol–water partition coefficient (Wildman–Crippen LogP) is 4.63. The summed E-state index contributed by atoms with van der Waals surface area (Å²) >= 11 is 0. The zero-order chi connectivity index (χ0) is 24.9. The molecule has 1 saturated heterocycles. The third-order valence-corrected chi connectivity index (χ3v) is 6.10. The Morgan fingerprint density at radius 2 is 1.74 bits per heavy atom. The predicted molar refractivity (Wildman–Crippen MR) is 116 cm³/mol. The largest absolute Gasteiger partial charge is 0.433 e. The number of nitrogens with two attached hydrogens (primary N) is 1. The summed E-state index contributed by atoms with van der Waals surface area (Å²) in [5.74, 6) is -1.04. The van der Waals surface area contributed by atoms with E-state index >= 15 is 0 Å². The second-order valence-corrected chi connectivity index (χ2v) is 8.83. The van der Waals surface area contributed by atoms with Crippen LogP contribution in [0.15, 0.2) is 60.8 Å². The molecular weight excluding hydrogens is 452 g/mol. The number of pyridine rings is 1. The molecule has 2 unspecified atom stereocenters. The molecule has 0 bridgehead atoms. The van der Waals surface area contributed by atoms with Gasteiger partial charge in [-0.25, -0.2) is 4.39 Å². The summed E-state index contributed by atoms with van der Waals surface area (Å²) in [6.45, 7) is 2.81. The average Bonchev–Trinajstić information content (AvgIpc) is 2.73. The van der Waals surface area contributed by atoms with Crippen LogP contribution in [0.4, 0.5) is 17.6 Å². The summed E-state index contributed by atoms with van der Waals surface area (Å²) in [5.41, 5.74) is 3.93. The van der Waals surface area contributed by atoms with Gasteiger partial charge in [-0.1, -0.05) is 36.4 Å². The van der Waals surface area contributed by atoms with Gasteiger partial charge >= 0.3 is 6.18 Å². The highest BCUT2D eigenvalue weighted by Gasteiger charge is 2.55.